The SMILES string of the molecule is CNCC(C)C(=O)N1CCCC1c1cccc(C)c1C.Cl. The summed E-state index contributed by atoms with van der Waals surface area (Å²) in [6.45, 7) is 7.96. The molecule has 0 saturated carbocycles. The number of carbonyl (C=O) groups is 1. The van der Waals surface area contributed by atoms with E-state index in [4.69, 9.17) is 0 Å². The van der Waals surface area contributed by atoms with Gasteiger partial charge in [-0.15, -0.1) is 12.4 Å². The maximum absolute atomic E-state index is 12.6. The molecule has 1 aromatic rings. The van der Waals surface area contributed by atoms with Crippen molar-refractivity contribution in [3.63, 3.8) is 0 Å². The molecule has 1 aromatic carbocycles. The lowest BCUT2D eigenvalue weighted by atomic mass is 9.95. The highest BCUT2D eigenvalue weighted by Gasteiger charge is 2.32. The lowest BCUT2D eigenvalue weighted by molar-refractivity contribution is -0.135. The van der Waals surface area contributed by atoms with E-state index in [-0.39, 0.29) is 30.3 Å². The van der Waals surface area contributed by atoms with Gasteiger partial charge in [-0.2, -0.15) is 0 Å². The molecule has 0 spiro atoms. The van der Waals surface area contributed by atoms with Crippen molar-refractivity contribution in [1.82, 2.24) is 10.2 Å². The Labute approximate surface area is 134 Å². The van der Waals surface area contributed by atoms with E-state index in [1.165, 1.54) is 16.7 Å². The van der Waals surface area contributed by atoms with Crippen molar-refractivity contribution in [3.05, 3.63) is 34.9 Å². The first-order chi connectivity index (χ1) is 9.56. The van der Waals surface area contributed by atoms with Gasteiger partial charge < -0.3 is 10.2 Å². The summed E-state index contributed by atoms with van der Waals surface area (Å²) in [6.07, 6.45) is 2.19. The smallest absolute Gasteiger partial charge is 0.227 e. The average molecular weight is 311 g/mol. The number of benzene rings is 1. The molecule has 1 saturated heterocycles. The maximum Gasteiger partial charge on any atom is 0.227 e. The van der Waals surface area contributed by atoms with Gasteiger partial charge in [-0.3, -0.25) is 4.79 Å². The van der Waals surface area contributed by atoms with Crippen LogP contribution in [0.25, 0.3) is 0 Å². The van der Waals surface area contributed by atoms with Crippen molar-refractivity contribution < 1.29 is 4.79 Å². The Kier molecular flexibility index (Phi) is 6.69. The minimum atomic E-state index is 0. The monoisotopic (exact) mass is 310 g/mol. The van der Waals surface area contributed by atoms with E-state index in [0.717, 1.165) is 25.9 Å². The fourth-order valence-corrected chi connectivity index (χ4v) is 3.17. The normalized spacial score (nSPS) is 19.2. The van der Waals surface area contributed by atoms with Crippen molar-refractivity contribution in [2.24, 2.45) is 5.92 Å². The standard InChI is InChI=1S/C17H26N2O.ClH/c1-12-7-5-8-15(14(12)3)16-9-6-10-19(16)17(20)13(2)11-18-4;/h5,7-8,13,16,18H,6,9-11H2,1-4H3;1H. The predicted octanol–water partition coefficient (Wildman–Crippen LogP) is 3.24. The van der Waals surface area contributed by atoms with Gasteiger partial charge in [0.15, 0.2) is 0 Å². The van der Waals surface area contributed by atoms with E-state index in [1.54, 1.807) is 0 Å². The highest BCUT2D eigenvalue weighted by molar-refractivity contribution is 5.85. The van der Waals surface area contributed by atoms with Crippen molar-refractivity contribution in [2.45, 2.75) is 39.7 Å². The van der Waals surface area contributed by atoms with Crippen LogP contribution in [0.3, 0.4) is 0 Å². The Balaban J connectivity index is 0.00000220. The third kappa shape index (κ3) is 3.78. The zero-order valence-electron chi connectivity index (χ0n) is 13.5. The number of hydrogen-bond donors (Lipinski definition) is 1. The fourth-order valence-electron chi connectivity index (χ4n) is 3.17. The summed E-state index contributed by atoms with van der Waals surface area (Å²) in [5.74, 6) is 0.327. The van der Waals surface area contributed by atoms with Gasteiger partial charge in [-0.1, -0.05) is 25.1 Å². The van der Waals surface area contributed by atoms with E-state index >= 15 is 0 Å². The molecule has 118 valence electrons. The van der Waals surface area contributed by atoms with E-state index in [2.05, 4.69) is 42.3 Å². The molecule has 3 nitrogen and oxygen atoms in total. The highest BCUT2D eigenvalue weighted by Crippen LogP contribution is 2.35. The zero-order valence-corrected chi connectivity index (χ0v) is 14.3. The summed E-state index contributed by atoms with van der Waals surface area (Å²) in [6, 6.07) is 6.70. The van der Waals surface area contributed by atoms with Gasteiger partial charge in [0.25, 0.3) is 0 Å². The molecule has 2 rings (SSSR count). The van der Waals surface area contributed by atoms with Gasteiger partial charge in [-0.25, -0.2) is 0 Å². The van der Waals surface area contributed by atoms with Gasteiger partial charge in [0.2, 0.25) is 5.91 Å². The van der Waals surface area contributed by atoms with Crippen LogP contribution in [0.4, 0.5) is 0 Å². The van der Waals surface area contributed by atoms with Crippen LogP contribution in [-0.2, 0) is 4.79 Å². The molecule has 1 N–H and O–H groups in total. The topological polar surface area (TPSA) is 32.3 Å². The number of carbonyl (C=O) groups excluding carboxylic acids is 1. The third-order valence-electron chi connectivity index (χ3n) is 4.47. The first-order valence-corrected chi connectivity index (χ1v) is 7.57. The molecule has 2 atom stereocenters. The Morgan fingerprint density at radius 3 is 2.81 bits per heavy atom. The molecule has 1 heterocycles. The molecule has 1 fully saturated rings. The minimum absolute atomic E-state index is 0. The number of nitrogens with zero attached hydrogens (tertiary/aromatic N) is 1. The largest absolute Gasteiger partial charge is 0.335 e. The van der Waals surface area contributed by atoms with Crippen molar-refractivity contribution in [3.8, 4) is 0 Å². The highest BCUT2D eigenvalue weighted by atomic mass is 35.5. The number of rotatable bonds is 4. The van der Waals surface area contributed by atoms with Gasteiger partial charge in [0, 0.05) is 19.0 Å². The zero-order chi connectivity index (χ0) is 14.7. The number of nitrogens with one attached hydrogen (secondary N) is 1. The van der Waals surface area contributed by atoms with Gasteiger partial charge in [-0.05, 0) is 50.4 Å². The summed E-state index contributed by atoms with van der Waals surface area (Å²) in [5, 5.41) is 3.10. The van der Waals surface area contributed by atoms with Gasteiger partial charge >= 0.3 is 0 Å². The summed E-state index contributed by atoms with van der Waals surface area (Å²) in [5.41, 5.74) is 3.97. The van der Waals surface area contributed by atoms with E-state index in [1.807, 2.05) is 14.0 Å². The first-order valence-electron chi connectivity index (χ1n) is 7.57. The van der Waals surface area contributed by atoms with Crippen molar-refractivity contribution in [1.29, 1.82) is 0 Å². The third-order valence-corrected chi connectivity index (χ3v) is 4.47. The Hall–Kier alpha value is -1.06. The molecule has 1 amide bonds. The molecule has 0 bridgehead atoms. The molecule has 1 aliphatic heterocycles. The van der Waals surface area contributed by atoms with Crippen LogP contribution in [0.15, 0.2) is 18.2 Å². The van der Waals surface area contributed by atoms with Crippen LogP contribution < -0.4 is 5.32 Å². The molecule has 0 aliphatic carbocycles. The quantitative estimate of drug-likeness (QED) is 0.926. The molecule has 21 heavy (non-hydrogen) atoms. The predicted molar refractivity (Wildman–Crippen MR) is 89.9 cm³/mol. The van der Waals surface area contributed by atoms with Gasteiger partial charge in [0.05, 0.1) is 6.04 Å². The minimum Gasteiger partial charge on any atom is -0.335 e. The van der Waals surface area contributed by atoms with Crippen LogP contribution in [0.2, 0.25) is 0 Å². The van der Waals surface area contributed by atoms with E-state index in [9.17, 15) is 4.79 Å². The number of aryl methyl sites for hydroxylation is 1. The molecule has 0 aromatic heterocycles. The summed E-state index contributed by atoms with van der Waals surface area (Å²) in [7, 11) is 1.90. The number of halogens is 1. The second-order valence-corrected chi connectivity index (χ2v) is 5.94. The number of hydrogen-bond acceptors (Lipinski definition) is 2. The van der Waals surface area contributed by atoms with Crippen LogP contribution in [0.1, 0.15) is 42.5 Å². The summed E-state index contributed by atoms with van der Waals surface area (Å²) in [4.78, 5) is 14.7. The molecular formula is C17H27ClN2O. The lowest BCUT2D eigenvalue weighted by Gasteiger charge is -2.29. The average Bonchev–Trinajstić information content (AvgIpc) is 2.90. The van der Waals surface area contributed by atoms with Crippen molar-refractivity contribution in [2.75, 3.05) is 20.1 Å². The summed E-state index contributed by atoms with van der Waals surface area (Å²) >= 11 is 0. The maximum atomic E-state index is 12.6. The number of amides is 1. The molecule has 1 aliphatic rings. The number of likely N-dealkylation sites (tertiary alicyclic amines) is 1. The molecule has 0 radical (unpaired) electrons. The first kappa shape index (κ1) is 18.0. The Morgan fingerprint density at radius 2 is 2.14 bits per heavy atom. The Bertz CT molecular complexity index is 490. The second kappa shape index (κ2) is 7.81. The molecule has 4 heteroatoms. The molecular weight excluding hydrogens is 284 g/mol. The van der Waals surface area contributed by atoms with Gasteiger partial charge in [0.1, 0.15) is 0 Å². The van der Waals surface area contributed by atoms with Crippen LogP contribution in [-0.4, -0.2) is 30.9 Å². The fraction of sp³-hybridized carbons (Fsp3) is 0.588. The van der Waals surface area contributed by atoms with Crippen molar-refractivity contribution >= 4 is 18.3 Å². The molecule has 2 unspecified atom stereocenters. The lowest BCUT2D eigenvalue weighted by Crippen LogP contribution is -2.38. The second-order valence-electron chi connectivity index (χ2n) is 5.94. The van der Waals surface area contributed by atoms with Crippen LogP contribution in [0.5, 0.6) is 0 Å². The van der Waals surface area contributed by atoms with Crippen LogP contribution >= 0.6 is 12.4 Å². The van der Waals surface area contributed by atoms with E-state index < -0.39 is 0 Å². The van der Waals surface area contributed by atoms with Crippen LogP contribution in [0, 0.1) is 19.8 Å². The summed E-state index contributed by atoms with van der Waals surface area (Å²) < 4.78 is 0. The van der Waals surface area contributed by atoms with E-state index in [0.29, 0.717) is 0 Å². The Morgan fingerprint density at radius 1 is 1.43 bits per heavy atom.